The third-order valence-electron chi connectivity index (χ3n) is 2.37. The standard InChI is InChI=1S/C12H8Br2O5/c1-2-18-12(17)8-4-7(15)5-3-6(13)10(16)9(14)11(5)19-8/h3-4,16H,2H2,1H3. The Morgan fingerprint density at radius 2 is 2.11 bits per heavy atom. The maximum atomic E-state index is 11.9. The van der Waals surface area contributed by atoms with Gasteiger partial charge in [-0.05, 0) is 44.8 Å². The van der Waals surface area contributed by atoms with Gasteiger partial charge in [0.25, 0.3) is 0 Å². The number of rotatable bonds is 2. The predicted octanol–water partition coefficient (Wildman–Crippen LogP) is 3.20. The number of ether oxygens (including phenoxy) is 1. The first-order valence-electron chi connectivity index (χ1n) is 5.27. The highest BCUT2D eigenvalue weighted by Crippen LogP contribution is 2.37. The third-order valence-corrected chi connectivity index (χ3v) is 3.71. The lowest BCUT2D eigenvalue weighted by Crippen LogP contribution is -2.10. The van der Waals surface area contributed by atoms with E-state index in [9.17, 15) is 14.7 Å². The minimum Gasteiger partial charge on any atom is -0.505 e. The summed E-state index contributed by atoms with van der Waals surface area (Å²) in [6, 6.07) is 2.49. The molecule has 2 aromatic rings. The normalized spacial score (nSPS) is 10.7. The Labute approximate surface area is 124 Å². The molecule has 2 rings (SSSR count). The Balaban J connectivity index is 2.76. The van der Waals surface area contributed by atoms with Crippen LogP contribution in [0.3, 0.4) is 0 Å². The molecule has 0 amide bonds. The Morgan fingerprint density at radius 1 is 1.42 bits per heavy atom. The lowest BCUT2D eigenvalue weighted by molar-refractivity contribution is 0.0490. The van der Waals surface area contributed by atoms with E-state index < -0.39 is 11.4 Å². The second-order valence-electron chi connectivity index (χ2n) is 3.59. The van der Waals surface area contributed by atoms with Crippen molar-refractivity contribution in [3.8, 4) is 5.75 Å². The summed E-state index contributed by atoms with van der Waals surface area (Å²) >= 11 is 6.24. The molecule has 100 valence electrons. The number of esters is 1. The number of fused-ring (bicyclic) bond motifs is 1. The fourth-order valence-corrected chi connectivity index (χ4v) is 2.71. The van der Waals surface area contributed by atoms with E-state index in [1.807, 2.05) is 0 Å². The van der Waals surface area contributed by atoms with Gasteiger partial charge in [-0.1, -0.05) is 0 Å². The zero-order valence-electron chi connectivity index (χ0n) is 9.70. The van der Waals surface area contributed by atoms with Gasteiger partial charge >= 0.3 is 5.97 Å². The van der Waals surface area contributed by atoms with Crippen LogP contribution in [0.25, 0.3) is 11.0 Å². The van der Waals surface area contributed by atoms with Crippen LogP contribution >= 0.6 is 31.9 Å². The first-order chi connectivity index (χ1) is 8.95. The Morgan fingerprint density at radius 3 is 2.74 bits per heavy atom. The van der Waals surface area contributed by atoms with Crippen molar-refractivity contribution in [3.63, 3.8) is 0 Å². The Hall–Kier alpha value is -1.34. The van der Waals surface area contributed by atoms with Crippen molar-refractivity contribution in [1.29, 1.82) is 0 Å². The van der Waals surface area contributed by atoms with Crippen molar-refractivity contribution in [2.75, 3.05) is 6.61 Å². The minimum atomic E-state index is -0.726. The van der Waals surface area contributed by atoms with E-state index in [1.54, 1.807) is 6.92 Å². The van der Waals surface area contributed by atoms with Crippen molar-refractivity contribution in [1.82, 2.24) is 0 Å². The summed E-state index contributed by atoms with van der Waals surface area (Å²) in [5.74, 6) is -1.05. The van der Waals surface area contributed by atoms with Gasteiger partial charge in [0.05, 0.1) is 16.5 Å². The average molecular weight is 392 g/mol. The topological polar surface area (TPSA) is 76.7 Å². The first kappa shape index (κ1) is 14.1. The predicted molar refractivity (Wildman–Crippen MR) is 75.5 cm³/mol. The van der Waals surface area contributed by atoms with Gasteiger partial charge in [0.1, 0.15) is 10.2 Å². The number of carbonyl (C=O) groups is 1. The zero-order valence-corrected chi connectivity index (χ0v) is 12.9. The van der Waals surface area contributed by atoms with Gasteiger partial charge < -0.3 is 14.3 Å². The molecule has 0 aliphatic rings. The summed E-state index contributed by atoms with van der Waals surface area (Å²) in [7, 11) is 0. The first-order valence-corrected chi connectivity index (χ1v) is 6.86. The molecule has 7 heteroatoms. The molecule has 1 aromatic heterocycles. The molecular formula is C12H8Br2O5. The number of aromatic hydroxyl groups is 1. The maximum absolute atomic E-state index is 11.9. The summed E-state index contributed by atoms with van der Waals surface area (Å²) in [4.78, 5) is 23.5. The minimum absolute atomic E-state index is 0.0938. The van der Waals surface area contributed by atoms with E-state index in [1.165, 1.54) is 6.07 Å². The van der Waals surface area contributed by atoms with Gasteiger partial charge in [0, 0.05) is 6.07 Å². The van der Waals surface area contributed by atoms with Gasteiger partial charge in [-0.3, -0.25) is 4.79 Å². The quantitative estimate of drug-likeness (QED) is 0.795. The molecule has 0 radical (unpaired) electrons. The molecule has 0 bridgehead atoms. The summed E-state index contributed by atoms with van der Waals surface area (Å²) in [5.41, 5.74) is -0.304. The molecule has 0 unspecified atom stereocenters. The third kappa shape index (κ3) is 2.52. The van der Waals surface area contributed by atoms with Crippen LogP contribution in [-0.2, 0) is 4.74 Å². The second kappa shape index (κ2) is 5.34. The van der Waals surface area contributed by atoms with Crippen LogP contribution in [-0.4, -0.2) is 17.7 Å². The van der Waals surface area contributed by atoms with Gasteiger partial charge in [0.15, 0.2) is 11.0 Å². The molecule has 5 nitrogen and oxygen atoms in total. The number of hydrogen-bond acceptors (Lipinski definition) is 5. The number of hydrogen-bond donors (Lipinski definition) is 1. The van der Waals surface area contributed by atoms with Crippen molar-refractivity contribution in [2.45, 2.75) is 6.92 Å². The summed E-state index contributed by atoms with van der Waals surface area (Å²) in [6.07, 6.45) is 0. The highest BCUT2D eigenvalue weighted by atomic mass is 79.9. The van der Waals surface area contributed by atoms with Crippen LogP contribution in [0.15, 0.2) is 30.3 Å². The van der Waals surface area contributed by atoms with Gasteiger partial charge in [-0.2, -0.15) is 0 Å². The second-order valence-corrected chi connectivity index (χ2v) is 5.24. The number of benzene rings is 1. The van der Waals surface area contributed by atoms with E-state index in [-0.39, 0.29) is 33.6 Å². The smallest absolute Gasteiger partial charge is 0.374 e. The number of halogens is 2. The summed E-state index contributed by atoms with van der Waals surface area (Å²) in [5, 5.41) is 10.00. The van der Waals surface area contributed by atoms with Gasteiger partial charge in [-0.25, -0.2) is 4.79 Å². The van der Waals surface area contributed by atoms with E-state index in [4.69, 9.17) is 9.15 Å². The molecule has 1 N–H and O–H groups in total. The van der Waals surface area contributed by atoms with Crippen LogP contribution in [0, 0.1) is 0 Å². The number of phenolic OH excluding ortho intramolecular Hbond substituents is 1. The SMILES string of the molecule is CCOC(=O)c1cc(=O)c2cc(Br)c(O)c(Br)c2o1. The average Bonchev–Trinajstić information content (AvgIpc) is 2.37. The summed E-state index contributed by atoms with van der Waals surface area (Å²) in [6.45, 7) is 1.82. The molecule has 0 saturated heterocycles. The molecule has 0 spiro atoms. The Kier molecular flexibility index (Phi) is 3.96. The number of phenols is 1. The molecule has 0 atom stereocenters. The van der Waals surface area contributed by atoms with E-state index in [0.29, 0.717) is 4.47 Å². The van der Waals surface area contributed by atoms with Gasteiger partial charge in [-0.15, -0.1) is 0 Å². The Bertz CT molecular complexity index is 720. The van der Waals surface area contributed by atoms with Crippen molar-refractivity contribution in [3.05, 3.63) is 37.1 Å². The fourth-order valence-electron chi connectivity index (χ4n) is 1.51. The molecule has 0 fully saturated rings. The van der Waals surface area contributed by atoms with E-state index >= 15 is 0 Å². The molecular weight excluding hydrogens is 384 g/mol. The van der Waals surface area contributed by atoms with Crippen LogP contribution in [0.5, 0.6) is 5.75 Å². The highest BCUT2D eigenvalue weighted by Gasteiger charge is 2.18. The maximum Gasteiger partial charge on any atom is 0.374 e. The van der Waals surface area contributed by atoms with Crippen molar-refractivity contribution in [2.24, 2.45) is 0 Å². The van der Waals surface area contributed by atoms with Crippen molar-refractivity contribution < 1.29 is 19.1 Å². The van der Waals surface area contributed by atoms with E-state index in [0.717, 1.165) is 6.07 Å². The molecule has 1 aromatic carbocycles. The monoisotopic (exact) mass is 390 g/mol. The molecule has 0 aliphatic heterocycles. The van der Waals surface area contributed by atoms with Crippen molar-refractivity contribution >= 4 is 48.8 Å². The largest absolute Gasteiger partial charge is 0.505 e. The van der Waals surface area contributed by atoms with Crippen LogP contribution in [0.1, 0.15) is 17.5 Å². The van der Waals surface area contributed by atoms with Crippen LogP contribution < -0.4 is 5.43 Å². The zero-order chi connectivity index (χ0) is 14.2. The fraction of sp³-hybridized carbons (Fsp3) is 0.167. The lowest BCUT2D eigenvalue weighted by Gasteiger charge is -2.06. The molecule has 1 heterocycles. The molecule has 0 saturated carbocycles. The number of carbonyl (C=O) groups excluding carboxylic acids is 1. The lowest BCUT2D eigenvalue weighted by atomic mass is 10.2. The van der Waals surface area contributed by atoms with Gasteiger partial charge in [0.2, 0.25) is 5.76 Å². The molecule has 19 heavy (non-hydrogen) atoms. The molecule has 0 aliphatic carbocycles. The van der Waals surface area contributed by atoms with Crippen LogP contribution in [0.2, 0.25) is 0 Å². The van der Waals surface area contributed by atoms with E-state index in [2.05, 4.69) is 31.9 Å². The highest BCUT2D eigenvalue weighted by molar-refractivity contribution is 9.11. The van der Waals surface area contributed by atoms with Crippen LogP contribution in [0.4, 0.5) is 0 Å². The summed E-state index contributed by atoms with van der Waals surface area (Å²) < 4.78 is 10.6.